The van der Waals surface area contributed by atoms with Gasteiger partial charge in [0.25, 0.3) is 0 Å². The van der Waals surface area contributed by atoms with E-state index in [0.29, 0.717) is 21.7 Å². The SMILES string of the molecule is C.C.CC.CC.CC1CCCCC1.CC1CCCCC1.CCC.CCC.CCC.CCC1CC(C)(C)CC(C)(CC)C1.CCC1CCCCC1.CCCC.CCCC1(C)CC(C)CC(C)(C)C1.CCCC1CCCC(CC)C1.CCCc1cccc(CC)c1.CCc1ccccc1.CCc1ccccc1.Cc1ccccc1. The number of aryl methyl sites for hydroxylation is 5. The van der Waals surface area contributed by atoms with E-state index in [0.717, 1.165) is 60.7 Å². The zero-order valence-corrected chi connectivity index (χ0v) is 81.9. The summed E-state index contributed by atoms with van der Waals surface area (Å²) >= 11 is 0. The van der Waals surface area contributed by atoms with Crippen LogP contribution in [0, 0.1) is 70.0 Å². The molecule has 6 atom stereocenters. The molecular formula is C112H216. The van der Waals surface area contributed by atoms with E-state index in [2.05, 4.69) is 279 Å². The molecule has 0 saturated heterocycles. The van der Waals surface area contributed by atoms with Crippen molar-refractivity contribution < 1.29 is 0 Å². The third-order valence-electron chi connectivity index (χ3n) is 22.6. The highest BCUT2D eigenvalue weighted by atomic mass is 14.5. The maximum absolute atomic E-state index is 2.49. The second-order valence-corrected chi connectivity index (χ2v) is 36.5. The molecule has 0 bridgehead atoms. The smallest absolute Gasteiger partial charge is 0.0281 e. The highest BCUT2D eigenvalue weighted by molar-refractivity contribution is 5.23. The molecule has 0 spiro atoms. The first-order valence-corrected chi connectivity index (χ1v) is 48.8. The van der Waals surface area contributed by atoms with Gasteiger partial charge in [-0.25, -0.2) is 0 Å². The molecule has 4 aromatic carbocycles. The van der Waals surface area contributed by atoms with Crippen molar-refractivity contribution in [3.8, 4) is 0 Å². The molecule has 6 fully saturated rings. The van der Waals surface area contributed by atoms with Gasteiger partial charge in [-0.05, 0) is 169 Å². The second-order valence-electron chi connectivity index (χ2n) is 36.5. The van der Waals surface area contributed by atoms with Crippen LogP contribution in [0.5, 0.6) is 0 Å². The number of hydrogen-bond donors (Lipinski definition) is 0. The molecule has 0 radical (unpaired) electrons. The zero-order chi connectivity index (χ0) is 84.8. The molecule has 0 N–H and O–H groups in total. The standard InChI is InChI=1S/2C13H26.C11H22.C11H16.C8H16.2C8H10.2C7H14.C7H8.C4H10.3C3H8.2C2H6.2CH4/c1-6-7-13(5)9-11(2)8-12(3,4)10-13;1-6-11-8-12(3,4)10-13(5,7-2)9-11;2*1-3-6-11-8-5-7-10(4-2)9-11;3*1-2-8-6-4-3-5-7-8;3*1-7-5-3-2-4-6-7;1-3-4-2;3*1-3-2;2*1-2;;/h2*11H,6-10H2,1-5H3;10-11H,3-9H2,1-2H3;5,7-9H,3-4,6H2,1-2H3;8H,2-7H2,1H3;2*3-7H,2H2,1H3;2*7H,2-6H2,1H3;2-6H,1H3;3-4H2,1-2H3;3*3H2,1-2H3;2*1-2H3;2*1H4. The summed E-state index contributed by atoms with van der Waals surface area (Å²) in [5.74, 6) is 7.22. The quantitative estimate of drug-likeness (QED) is 0.118. The van der Waals surface area contributed by atoms with E-state index >= 15 is 0 Å². The lowest BCUT2D eigenvalue weighted by Gasteiger charge is -2.46. The van der Waals surface area contributed by atoms with Crippen LogP contribution in [0.1, 0.15) is 508 Å². The van der Waals surface area contributed by atoms with Crippen LogP contribution in [0.15, 0.2) is 115 Å². The van der Waals surface area contributed by atoms with Gasteiger partial charge in [0.2, 0.25) is 0 Å². The monoisotopic (exact) mass is 1560 g/mol. The highest BCUT2D eigenvalue weighted by Gasteiger charge is 2.40. The predicted molar refractivity (Wildman–Crippen MR) is 529 cm³/mol. The van der Waals surface area contributed by atoms with Crippen molar-refractivity contribution in [3.05, 3.63) is 143 Å². The molecule has 6 aliphatic carbocycles. The fourth-order valence-electron chi connectivity index (χ4n) is 17.3. The first-order valence-electron chi connectivity index (χ1n) is 48.8. The summed E-state index contributed by atoms with van der Waals surface area (Å²) in [4.78, 5) is 0. The average molecular weight is 1560 g/mol. The summed E-state index contributed by atoms with van der Waals surface area (Å²) in [6.07, 6.45) is 60.6. The van der Waals surface area contributed by atoms with E-state index in [1.807, 2.05) is 58.0 Å². The molecule has 0 heteroatoms. The summed E-state index contributed by atoms with van der Waals surface area (Å²) in [5.41, 5.74) is 9.51. The van der Waals surface area contributed by atoms with E-state index in [-0.39, 0.29) is 14.9 Å². The fourth-order valence-corrected chi connectivity index (χ4v) is 17.3. The topological polar surface area (TPSA) is 0 Å². The lowest BCUT2D eigenvalue weighted by Crippen LogP contribution is -2.35. The Hall–Kier alpha value is -3.12. The number of hydrogen-bond acceptors (Lipinski definition) is 0. The Bertz CT molecular complexity index is 2260. The molecule has 6 aliphatic rings. The van der Waals surface area contributed by atoms with Crippen molar-refractivity contribution in [1.29, 1.82) is 0 Å². The van der Waals surface area contributed by atoms with E-state index in [1.165, 1.54) is 285 Å². The Morgan fingerprint density at radius 3 is 0.973 bits per heavy atom. The Kier molecular flexibility index (Phi) is 96.9. The third-order valence-corrected chi connectivity index (χ3v) is 22.6. The Balaban J connectivity index is -0.000000175. The van der Waals surface area contributed by atoms with Gasteiger partial charge in [0, 0.05) is 0 Å². The van der Waals surface area contributed by atoms with E-state index in [4.69, 9.17) is 0 Å². The Morgan fingerprint density at radius 2 is 0.670 bits per heavy atom. The largest absolute Gasteiger partial charge is 0.0776 e. The first kappa shape index (κ1) is 125. The predicted octanol–water partition coefficient (Wildman–Crippen LogP) is 40.5. The van der Waals surface area contributed by atoms with Gasteiger partial charge < -0.3 is 0 Å². The highest BCUT2D eigenvalue weighted by Crippen LogP contribution is 2.52. The van der Waals surface area contributed by atoms with Crippen molar-refractivity contribution in [2.45, 2.75) is 513 Å². The molecule has 6 saturated carbocycles. The van der Waals surface area contributed by atoms with E-state index < -0.39 is 0 Å². The summed E-state index contributed by atoms with van der Waals surface area (Å²) in [6, 6.07) is 40.0. The first-order chi connectivity index (χ1) is 52.6. The van der Waals surface area contributed by atoms with Gasteiger partial charge >= 0.3 is 0 Å². The van der Waals surface area contributed by atoms with E-state index in [1.54, 1.807) is 0 Å². The minimum Gasteiger partial charge on any atom is -0.0776 e. The van der Waals surface area contributed by atoms with Crippen LogP contribution in [-0.4, -0.2) is 0 Å². The van der Waals surface area contributed by atoms with Crippen molar-refractivity contribution >= 4 is 0 Å². The normalized spacial score (nSPS) is 20.8. The van der Waals surface area contributed by atoms with Crippen LogP contribution in [0.4, 0.5) is 0 Å². The molecule has 664 valence electrons. The molecule has 0 amide bonds. The second kappa shape index (κ2) is 87.2. The minimum absolute atomic E-state index is 0. The maximum Gasteiger partial charge on any atom is -0.0281 e. The van der Waals surface area contributed by atoms with Gasteiger partial charge in [0.05, 0.1) is 0 Å². The molecular weight excluding hydrogens is 1350 g/mol. The van der Waals surface area contributed by atoms with Crippen molar-refractivity contribution in [2.24, 2.45) is 63.1 Å². The fraction of sp³-hybridized carbons (Fsp3) is 0.786. The van der Waals surface area contributed by atoms with Crippen LogP contribution in [-0.2, 0) is 25.7 Å². The molecule has 4 aromatic rings. The van der Waals surface area contributed by atoms with Crippen LogP contribution in [0.25, 0.3) is 0 Å². The maximum atomic E-state index is 2.49. The summed E-state index contributed by atoms with van der Waals surface area (Å²) in [7, 11) is 0. The lowest BCUT2D eigenvalue weighted by atomic mass is 9.59. The van der Waals surface area contributed by atoms with Crippen LogP contribution >= 0.6 is 0 Å². The Morgan fingerprint density at radius 1 is 0.312 bits per heavy atom. The number of benzene rings is 4. The number of unbranched alkanes of at least 4 members (excludes halogenated alkanes) is 1. The Labute approximate surface area is 714 Å². The van der Waals surface area contributed by atoms with Crippen LogP contribution in [0.2, 0.25) is 0 Å². The molecule has 10 rings (SSSR count). The third kappa shape index (κ3) is 79.4. The van der Waals surface area contributed by atoms with Gasteiger partial charge in [-0.3, -0.25) is 0 Å². The van der Waals surface area contributed by atoms with Crippen molar-refractivity contribution in [1.82, 2.24) is 0 Å². The van der Waals surface area contributed by atoms with Gasteiger partial charge in [0.15, 0.2) is 0 Å². The van der Waals surface area contributed by atoms with Crippen molar-refractivity contribution in [2.75, 3.05) is 0 Å². The molecule has 0 heterocycles. The van der Waals surface area contributed by atoms with Gasteiger partial charge in [0.1, 0.15) is 0 Å². The average Bonchev–Trinajstić information content (AvgIpc) is 0.810. The lowest BCUT2D eigenvalue weighted by molar-refractivity contribution is 0.0495. The van der Waals surface area contributed by atoms with Crippen molar-refractivity contribution in [3.63, 3.8) is 0 Å². The molecule has 0 aliphatic heterocycles. The summed E-state index contributed by atoms with van der Waals surface area (Å²) < 4.78 is 0. The molecule has 6 unspecified atom stereocenters. The summed E-state index contributed by atoms with van der Waals surface area (Å²) in [6.45, 7) is 71.8. The minimum atomic E-state index is 0. The number of rotatable bonds is 14. The van der Waals surface area contributed by atoms with Crippen LogP contribution < -0.4 is 0 Å². The molecule has 112 heavy (non-hydrogen) atoms. The molecule has 0 nitrogen and oxygen atoms in total. The van der Waals surface area contributed by atoms with Gasteiger partial charge in [-0.15, -0.1) is 0 Å². The van der Waals surface area contributed by atoms with Gasteiger partial charge in [-0.1, -0.05) is 549 Å². The zero-order valence-electron chi connectivity index (χ0n) is 81.9. The van der Waals surface area contributed by atoms with E-state index in [9.17, 15) is 0 Å². The van der Waals surface area contributed by atoms with Gasteiger partial charge in [-0.2, -0.15) is 0 Å². The summed E-state index contributed by atoms with van der Waals surface area (Å²) in [5, 5.41) is 0. The van der Waals surface area contributed by atoms with Crippen LogP contribution in [0.3, 0.4) is 0 Å². The molecule has 0 aromatic heterocycles.